The van der Waals surface area contributed by atoms with Crippen LogP contribution in [0.4, 0.5) is 0 Å². The summed E-state index contributed by atoms with van der Waals surface area (Å²) in [7, 11) is 0. The summed E-state index contributed by atoms with van der Waals surface area (Å²) in [5.41, 5.74) is 0. The molecule has 0 bridgehead atoms. The molecule has 1 rings (SSSR count). The summed E-state index contributed by atoms with van der Waals surface area (Å²) in [6, 6.07) is 0.307. The summed E-state index contributed by atoms with van der Waals surface area (Å²) in [4.78, 5) is 11.6. The van der Waals surface area contributed by atoms with Gasteiger partial charge in [0.15, 0.2) is 0 Å². The van der Waals surface area contributed by atoms with Crippen molar-refractivity contribution in [3.05, 3.63) is 0 Å². The van der Waals surface area contributed by atoms with Crippen LogP contribution in [0, 0.1) is 5.92 Å². The van der Waals surface area contributed by atoms with Gasteiger partial charge in [0.25, 0.3) is 0 Å². The average Bonchev–Trinajstić information content (AvgIpc) is 2.75. The van der Waals surface area contributed by atoms with E-state index in [1.165, 1.54) is 25.7 Å². The van der Waals surface area contributed by atoms with Crippen LogP contribution in [0.25, 0.3) is 0 Å². The van der Waals surface area contributed by atoms with Gasteiger partial charge in [-0.1, -0.05) is 48.5 Å². The summed E-state index contributed by atoms with van der Waals surface area (Å²) in [6.45, 7) is 2.10. The fourth-order valence-corrected chi connectivity index (χ4v) is 2.80. The van der Waals surface area contributed by atoms with E-state index in [4.69, 9.17) is 0 Å². The van der Waals surface area contributed by atoms with Gasteiger partial charge in [0, 0.05) is 17.8 Å². The van der Waals surface area contributed by atoms with Crippen molar-refractivity contribution < 1.29 is 4.79 Å². The maximum Gasteiger partial charge on any atom is 0.220 e. The second-order valence-electron chi connectivity index (χ2n) is 4.52. The lowest BCUT2D eigenvalue weighted by Gasteiger charge is -2.15. The zero-order chi connectivity index (χ0) is 11.1. The molecule has 1 aliphatic carbocycles. The minimum Gasteiger partial charge on any atom is -0.353 e. The Morgan fingerprint density at radius 1 is 1.47 bits per heavy atom. The molecule has 88 valence electrons. The molecule has 1 aliphatic rings. The van der Waals surface area contributed by atoms with Gasteiger partial charge < -0.3 is 5.32 Å². The number of nitrogens with one attached hydrogen (secondary N) is 1. The third-order valence-electron chi connectivity index (χ3n) is 3.30. The summed E-state index contributed by atoms with van der Waals surface area (Å²) >= 11 is 3.41. The largest absolute Gasteiger partial charge is 0.353 e. The highest BCUT2D eigenvalue weighted by molar-refractivity contribution is 9.09. The number of hydrogen-bond donors (Lipinski definition) is 1. The van der Waals surface area contributed by atoms with E-state index in [0.29, 0.717) is 12.5 Å². The van der Waals surface area contributed by atoms with Gasteiger partial charge in [-0.15, -0.1) is 0 Å². The molecule has 0 aliphatic heterocycles. The molecule has 1 saturated carbocycles. The number of rotatable bonds is 6. The minimum atomic E-state index is 0.230. The third-order valence-corrected chi connectivity index (χ3v) is 4.08. The first-order valence-corrected chi connectivity index (χ1v) is 7.23. The van der Waals surface area contributed by atoms with E-state index in [0.717, 1.165) is 24.1 Å². The van der Waals surface area contributed by atoms with Gasteiger partial charge in [0.2, 0.25) is 5.91 Å². The summed E-state index contributed by atoms with van der Waals surface area (Å²) in [5.74, 6) is 1.05. The van der Waals surface area contributed by atoms with Crippen LogP contribution in [0.1, 0.15) is 51.9 Å². The number of hydrogen-bond acceptors (Lipinski definition) is 1. The van der Waals surface area contributed by atoms with Crippen LogP contribution < -0.4 is 5.32 Å². The molecule has 1 unspecified atom stereocenters. The van der Waals surface area contributed by atoms with Crippen LogP contribution in [0.3, 0.4) is 0 Å². The Bertz CT molecular complexity index is 186. The highest BCUT2D eigenvalue weighted by Crippen LogP contribution is 2.28. The van der Waals surface area contributed by atoms with Crippen molar-refractivity contribution in [1.82, 2.24) is 5.32 Å². The van der Waals surface area contributed by atoms with Crippen LogP contribution in [-0.2, 0) is 4.79 Å². The lowest BCUT2D eigenvalue weighted by Crippen LogP contribution is -2.35. The van der Waals surface area contributed by atoms with E-state index in [9.17, 15) is 4.79 Å². The molecule has 1 atom stereocenters. The molecule has 15 heavy (non-hydrogen) atoms. The zero-order valence-corrected chi connectivity index (χ0v) is 11.2. The van der Waals surface area contributed by atoms with Crippen molar-refractivity contribution in [3.8, 4) is 0 Å². The van der Waals surface area contributed by atoms with Crippen LogP contribution in [0.2, 0.25) is 0 Å². The molecule has 1 fully saturated rings. The van der Waals surface area contributed by atoms with Crippen molar-refractivity contribution in [3.63, 3.8) is 0 Å². The number of halogens is 1. The molecule has 0 spiro atoms. The molecule has 1 amide bonds. The topological polar surface area (TPSA) is 29.1 Å². The predicted molar refractivity (Wildman–Crippen MR) is 67.2 cm³/mol. The van der Waals surface area contributed by atoms with Crippen molar-refractivity contribution >= 4 is 21.8 Å². The lowest BCUT2D eigenvalue weighted by atomic mass is 10.0. The Hall–Kier alpha value is -0.0500. The second kappa shape index (κ2) is 7.26. The maximum absolute atomic E-state index is 11.6. The fourth-order valence-electron chi connectivity index (χ4n) is 2.18. The lowest BCUT2D eigenvalue weighted by molar-refractivity contribution is -0.121. The third kappa shape index (κ3) is 5.01. The number of carbonyl (C=O) groups is 1. The molecule has 3 heteroatoms. The Morgan fingerprint density at radius 2 is 2.13 bits per heavy atom. The molecule has 2 nitrogen and oxygen atoms in total. The van der Waals surface area contributed by atoms with E-state index < -0.39 is 0 Å². The van der Waals surface area contributed by atoms with Gasteiger partial charge in [-0.3, -0.25) is 4.79 Å². The second-order valence-corrected chi connectivity index (χ2v) is 5.16. The molecule has 1 N–H and O–H groups in total. The molecular formula is C12H22BrNO. The standard InChI is InChI=1S/C12H22BrNO/c1-2-11(9-13)14-12(15)8-7-10-5-3-4-6-10/h10-11H,2-9H2,1H3,(H,14,15). The minimum absolute atomic E-state index is 0.230. The van der Waals surface area contributed by atoms with Crippen molar-refractivity contribution in [2.24, 2.45) is 5.92 Å². The molecule has 0 heterocycles. The van der Waals surface area contributed by atoms with E-state index in [2.05, 4.69) is 28.2 Å². The van der Waals surface area contributed by atoms with Gasteiger partial charge in [-0.05, 0) is 18.8 Å². The first-order valence-electron chi connectivity index (χ1n) is 6.11. The smallest absolute Gasteiger partial charge is 0.220 e. The van der Waals surface area contributed by atoms with Crippen LogP contribution in [-0.4, -0.2) is 17.3 Å². The first kappa shape index (κ1) is 13.0. The van der Waals surface area contributed by atoms with Crippen LogP contribution in [0.5, 0.6) is 0 Å². The van der Waals surface area contributed by atoms with E-state index >= 15 is 0 Å². The van der Waals surface area contributed by atoms with E-state index in [-0.39, 0.29) is 5.91 Å². The maximum atomic E-state index is 11.6. The predicted octanol–water partition coefficient (Wildman–Crippen LogP) is 3.25. The Labute approximate surface area is 101 Å². The number of carbonyl (C=O) groups excluding carboxylic acids is 1. The normalized spacial score (nSPS) is 19.1. The molecule has 0 aromatic heterocycles. The molecule has 0 saturated heterocycles. The Balaban J connectivity index is 2.11. The first-order chi connectivity index (χ1) is 7.26. The molecule has 0 aromatic carbocycles. The summed E-state index contributed by atoms with van der Waals surface area (Å²) < 4.78 is 0. The SMILES string of the molecule is CCC(CBr)NC(=O)CCC1CCCC1. The van der Waals surface area contributed by atoms with Crippen LogP contribution in [0.15, 0.2) is 0 Å². The number of alkyl halides is 1. The molecular weight excluding hydrogens is 254 g/mol. The summed E-state index contributed by atoms with van der Waals surface area (Å²) in [5, 5.41) is 3.91. The Kier molecular flexibility index (Phi) is 6.30. The van der Waals surface area contributed by atoms with Crippen molar-refractivity contribution in [2.75, 3.05) is 5.33 Å². The monoisotopic (exact) mass is 275 g/mol. The van der Waals surface area contributed by atoms with Crippen molar-refractivity contribution in [2.45, 2.75) is 57.9 Å². The molecule has 0 radical (unpaired) electrons. The summed E-state index contributed by atoms with van der Waals surface area (Å²) in [6.07, 6.45) is 8.21. The van der Waals surface area contributed by atoms with E-state index in [1.807, 2.05) is 0 Å². The van der Waals surface area contributed by atoms with E-state index in [1.54, 1.807) is 0 Å². The average molecular weight is 276 g/mol. The molecule has 0 aromatic rings. The highest BCUT2D eigenvalue weighted by Gasteiger charge is 2.16. The van der Waals surface area contributed by atoms with Gasteiger partial charge in [-0.2, -0.15) is 0 Å². The zero-order valence-electron chi connectivity index (χ0n) is 9.60. The fraction of sp³-hybridized carbons (Fsp3) is 0.917. The van der Waals surface area contributed by atoms with Gasteiger partial charge in [0.05, 0.1) is 0 Å². The van der Waals surface area contributed by atoms with Crippen molar-refractivity contribution in [1.29, 1.82) is 0 Å². The van der Waals surface area contributed by atoms with Crippen LogP contribution >= 0.6 is 15.9 Å². The Morgan fingerprint density at radius 3 is 2.67 bits per heavy atom. The quantitative estimate of drug-likeness (QED) is 0.741. The number of amides is 1. The van der Waals surface area contributed by atoms with Gasteiger partial charge in [0.1, 0.15) is 0 Å². The van der Waals surface area contributed by atoms with Gasteiger partial charge >= 0.3 is 0 Å². The van der Waals surface area contributed by atoms with Gasteiger partial charge in [-0.25, -0.2) is 0 Å². The highest BCUT2D eigenvalue weighted by atomic mass is 79.9.